The maximum atomic E-state index is 10.2. The first-order valence-corrected chi connectivity index (χ1v) is 15.6. The maximum Gasteiger partial charge on any atom is 0.145 e. The van der Waals surface area contributed by atoms with Gasteiger partial charge in [-0.05, 0) is 83.9 Å². The predicted octanol–water partition coefficient (Wildman–Crippen LogP) is 10.7. The Kier molecular flexibility index (Phi) is 5.28. The summed E-state index contributed by atoms with van der Waals surface area (Å²) in [7, 11) is 0. The smallest absolute Gasteiger partial charge is 0.145 e. The van der Waals surface area contributed by atoms with Crippen LogP contribution in [0.3, 0.4) is 0 Å². The summed E-state index contributed by atoms with van der Waals surface area (Å²) in [6, 6.07) is 50.5. The fraction of sp³-hybridized carbons (Fsp3) is 0. The number of furan rings is 1. The van der Waals surface area contributed by atoms with Gasteiger partial charge in [0.15, 0.2) is 0 Å². The highest BCUT2D eigenvalue weighted by Gasteiger charge is 2.20. The van der Waals surface area contributed by atoms with Gasteiger partial charge in [-0.25, -0.2) is 4.98 Å². The molecule has 4 heterocycles. The van der Waals surface area contributed by atoms with Gasteiger partial charge < -0.3 is 8.98 Å². The lowest BCUT2D eigenvalue weighted by Crippen LogP contribution is -1.97. The molecule has 10 rings (SSSR count). The van der Waals surface area contributed by atoms with Gasteiger partial charge in [0.1, 0.15) is 16.8 Å². The van der Waals surface area contributed by atoms with Crippen LogP contribution in [-0.4, -0.2) is 14.1 Å². The van der Waals surface area contributed by atoms with Gasteiger partial charge in [-0.1, -0.05) is 66.7 Å². The molecule has 0 N–H and O–H groups in total. The largest absolute Gasteiger partial charge is 0.456 e. The van der Waals surface area contributed by atoms with Crippen LogP contribution in [0.5, 0.6) is 0 Å². The molecular formula is C42H24N4O. The number of para-hydroxylation sites is 3. The summed E-state index contributed by atoms with van der Waals surface area (Å²) >= 11 is 0. The zero-order valence-electron chi connectivity index (χ0n) is 25.1. The minimum Gasteiger partial charge on any atom is -0.456 e. The van der Waals surface area contributed by atoms with E-state index in [1.165, 1.54) is 10.8 Å². The highest BCUT2D eigenvalue weighted by atomic mass is 16.3. The third-order valence-electron chi connectivity index (χ3n) is 9.35. The van der Waals surface area contributed by atoms with E-state index < -0.39 is 0 Å². The molecule has 218 valence electrons. The molecule has 0 bridgehead atoms. The standard InChI is InChI=1S/C42H24N4O/c43-25-26-21-28(24-30(22-26)45-35-15-4-1-11-31(35)32-12-2-5-16-36(32)45)27-9-7-10-29(23-27)46-37-18-19-39-41(33-13-3-6-17-38(33)47-39)40(37)34-14-8-20-44-42(34)46/h1-24H. The third-order valence-corrected chi connectivity index (χ3v) is 9.35. The highest BCUT2D eigenvalue weighted by Crippen LogP contribution is 2.41. The molecule has 6 aromatic carbocycles. The minimum absolute atomic E-state index is 0.609. The highest BCUT2D eigenvalue weighted by molar-refractivity contribution is 6.27. The first-order chi connectivity index (χ1) is 23.3. The molecule has 4 aromatic heterocycles. The van der Waals surface area contributed by atoms with Crippen LogP contribution >= 0.6 is 0 Å². The Balaban J connectivity index is 1.21. The number of aromatic nitrogens is 3. The molecule has 0 saturated carbocycles. The molecule has 0 unspecified atom stereocenters. The van der Waals surface area contributed by atoms with Gasteiger partial charge in [0.25, 0.3) is 0 Å². The van der Waals surface area contributed by atoms with Crippen LogP contribution in [0.1, 0.15) is 5.56 Å². The van der Waals surface area contributed by atoms with E-state index in [4.69, 9.17) is 9.40 Å². The van der Waals surface area contributed by atoms with Gasteiger partial charge in [-0.15, -0.1) is 0 Å². The molecule has 0 atom stereocenters. The summed E-state index contributed by atoms with van der Waals surface area (Å²) in [4.78, 5) is 4.89. The minimum atomic E-state index is 0.609. The molecule has 0 aliphatic heterocycles. The second kappa shape index (κ2) is 9.68. The molecule has 0 amide bonds. The quantitative estimate of drug-likeness (QED) is 0.203. The Morgan fingerprint density at radius 2 is 1.23 bits per heavy atom. The van der Waals surface area contributed by atoms with E-state index in [2.05, 4.69) is 124 Å². The van der Waals surface area contributed by atoms with E-state index in [9.17, 15) is 5.26 Å². The Morgan fingerprint density at radius 1 is 0.511 bits per heavy atom. The van der Waals surface area contributed by atoms with Crippen molar-refractivity contribution in [2.24, 2.45) is 0 Å². The Morgan fingerprint density at radius 3 is 2.04 bits per heavy atom. The molecule has 0 spiro atoms. The van der Waals surface area contributed by atoms with Gasteiger partial charge in [-0.3, -0.25) is 4.57 Å². The Labute approximate surface area is 268 Å². The van der Waals surface area contributed by atoms with E-state index in [-0.39, 0.29) is 0 Å². The number of benzene rings is 6. The molecule has 0 saturated heterocycles. The van der Waals surface area contributed by atoms with Crippen molar-refractivity contribution in [3.63, 3.8) is 0 Å². The molecule has 0 aliphatic rings. The number of hydrogen-bond donors (Lipinski definition) is 0. The van der Waals surface area contributed by atoms with Crippen molar-refractivity contribution in [3.05, 3.63) is 151 Å². The van der Waals surface area contributed by atoms with E-state index >= 15 is 0 Å². The summed E-state index contributed by atoms with van der Waals surface area (Å²) < 4.78 is 10.8. The number of nitrogens with zero attached hydrogens (tertiary/aromatic N) is 4. The maximum absolute atomic E-state index is 10.2. The lowest BCUT2D eigenvalue weighted by atomic mass is 10.0. The van der Waals surface area contributed by atoms with Gasteiger partial charge in [0.05, 0.1) is 28.2 Å². The van der Waals surface area contributed by atoms with Crippen molar-refractivity contribution in [2.45, 2.75) is 0 Å². The van der Waals surface area contributed by atoms with E-state index in [1.54, 1.807) is 0 Å². The normalized spacial score (nSPS) is 11.8. The number of fused-ring (bicyclic) bond motifs is 10. The Bertz CT molecular complexity index is 2880. The topological polar surface area (TPSA) is 59.7 Å². The van der Waals surface area contributed by atoms with E-state index in [0.29, 0.717) is 5.56 Å². The average molecular weight is 601 g/mol. The molecular weight excluding hydrogens is 576 g/mol. The molecule has 0 fully saturated rings. The lowest BCUT2D eigenvalue weighted by Gasteiger charge is -2.13. The summed E-state index contributed by atoms with van der Waals surface area (Å²) in [6.45, 7) is 0. The van der Waals surface area contributed by atoms with Crippen LogP contribution in [0.2, 0.25) is 0 Å². The van der Waals surface area contributed by atoms with E-state index in [0.717, 1.165) is 77.4 Å². The zero-order valence-corrected chi connectivity index (χ0v) is 25.1. The lowest BCUT2D eigenvalue weighted by molar-refractivity contribution is 0.669. The summed E-state index contributed by atoms with van der Waals surface area (Å²) in [5.74, 6) is 0. The summed E-state index contributed by atoms with van der Waals surface area (Å²) in [6.07, 6.45) is 1.85. The second-order valence-corrected chi connectivity index (χ2v) is 11.9. The predicted molar refractivity (Wildman–Crippen MR) is 190 cm³/mol. The molecule has 0 radical (unpaired) electrons. The third kappa shape index (κ3) is 3.67. The summed E-state index contributed by atoms with van der Waals surface area (Å²) in [5, 5.41) is 16.9. The van der Waals surface area contributed by atoms with Gasteiger partial charge in [-0.2, -0.15) is 5.26 Å². The van der Waals surface area contributed by atoms with Crippen molar-refractivity contribution < 1.29 is 4.42 Å². The molecule has 5 nitrogen and oxygen atoms in total. The van der Waals surface area contributed by atoms with Crippen molar-refractivity contribution >= 4 is 65.7 Å². The van der Waals surface area contributed by atoms with Crippen LogP contribution in [0.25, 0.3) is 88.2 Å². The number of nitriles is 1. The second-order valence-electron chi connectivity index (χ2n) is 11.9. The molecule has 10 aromatic rings. The monoisotopic (exact) mass is 600 g/mol. The van der Waals surface area contributed by atoms with Crippen molar-refractivity contribution in [1.29, 1.82) is 5.26 Å². The number of pyridine rings is 1. The molecule has 5 heteroatoms. The van der Waals surface area contributed by atoms with Gasteiger partial charge >= 0.3 is 0 Å². The SMILES string of the molecule is N#Cc1cc(-c2cccc(-n3c4ccc5oc6ccccc6c5c4c4cccnc43)c2)cc(-n2c3ccccc3c3ccccc32)c1. The average Bonchev–Trinajstić information content (AvgIpc) is 3.79. The fourth-order valence-electron chi connectivity index (χ4n) is 7.41. The van der Waals surface area contributed by atoms with Crippen LogP contribution in [0, 0.1) is 11.3 Å². The van der Waals surface area contributed by atoms with Gasteiger partial charge in [0.2, 0.25) is 0 Å². The van der Waals surface area contributed by atoms with Crippen molar-refractivity contribution in [1.82, 2.24) is 14.1 Å². The molecule has 0 aliphatic carbocycles. The van der Waals surface area contributed by atoms with Gasteiger partial charge in [0, 0.05) is 49.9 Å². The molecule has 47 heavy (non-hydrogen) atoms. The number of hydrogen-bond acceptors (Lipinski definition) is 3. The fourth-order valence-corrected chi connectivity index (χ4v) is 7.41. The Hall–Kier alpha value is -6.64. The first-order valence-electron chi connectivity index (χ1n) is 15.6. The van der Waals surface area contributed by atoms with E-state index in [1.807, 2.05) is 36.5 Å². The van der Waals surface area contributed by atoms with Crippen LogP contribution in [0.15, 0.2) is 150 Å². The van der Waals surface area contributed by atoms with Crippen molar-refractivity contribution in [3.8, 4) is 28.6 Å². The number of rotatable bonds is 3. The van der Waals surface area contributed by atoms with Crippen molar-refractivity contribution in [2.75, 3.05) is 0 Å². The zero-order chi connectivity index (χ0) is 31.1. The van der Waals surface area contributed by atoms with Crippen LogP contribution in [0.4, 0.5) is 0 Å². The van der Waals surface area contributed by atoms with Crippen LogP contribution < -0.4 is 0 Å². The first kappa shape index (κ1) is 25.7. The summed E-state index contributed by atoms with van der Waals surface area (Å²) in [5.41, 5.74) is 10.4. The van der Waals surface area contributed by atoms with Crippen LogP contribution in [-0.2, 0) is 0 Å².